The Kier molecular flexibility index (Phi) is 6.62. The summed E-state index contributed by atoms with van der Waals surface area (Å²) < 4.78 is 5.22. The molecule has 2 aromatic rings. The number of benzene rings is 2. The molecule has 0 spiro atoms. The number of likely N-dealkylation sites (tertiary alicyclic amines) is 1. The molecule has 2 aliphatic carbocycles. The Morgan fingerprint density at radius 2 is 1.69 bits per heavy atom. The number of imide groups is 2. The van der Waals surface area contributed by atoms with Gasteiger partial charge in [0, 0.05) is 13.0 Å². The third kappa shape index (κ3) is 3.74. The molecule has 0 bridgehead atoms. The van der Waals surface area contributed by atoms with E-state index >= 15 is 0 Å². The van der Waals surface area contributed by atoms with E-state index in [1.165, 1.54) is 25.1 Å². The lowest BCUT2D eigenvalue weighted by Crippen LogP contribution is -2.60. The highest BCUT2D eigenvalue weighted by Crippen LogP contribution is 2.63. The van der Waals surface area contributed by atoms with Crippen LogP contribution in [0.5, 0.6) is 11.5 Å². The lowest BCUT2D eigenvalue weighted by Gasteiger charge is -2.49. The van der Waals surface area contributed by atoms with Crippen LogP contribution < -0.4 is 9.64 Å². The Bertz CT molecular complexity index is 1620. The quantitative estimate of drug-likeness (QED) is 0.298. The molecule has 2 aliphatic heterocycles. The first-order valence-electron chi connectivity index (χ1n) is 13.5. The number of rotatable bonds is 5. The molecule has 6 rings (SSSR count). The first kappa shape index (κ1) is 28.2. The molecule has 6 atom stereocenters. The molecule has 6 unspecified atom stereocenters. The van der Waals surface area contributed by atoms with Gasteiger partial charge in [0.15, 0.2) is 21.2 Å². The zero-order valence-corrected chi connectivity index (χ0v) is 24.4. The van der Waals surface area contributed by atoms with E-state index in [1.807, 2.05) is 6.08 Å². The zero-order valence-electron chi connectivity index (χ0n) is 22.9. The number of halogens is 2. The van der Waals surface area contributed by atoms with E-state index < -0.39 is 45.2 Å². The van der Waals surface area contributed by atoms with Crippen LogP contribution in [0.1, 0.15) is 24.0 Å². The van der Waals surface area contributed by atoms with Crippen molar-refractivity contribution in [2.45, 2.75) is 22.6 Å². The molecule has 0 radical (unpaired) electrons. The van der Waals surface area contributed by atoms with Gasteiger partial charge < -0.3 is 9.84 Å². The van der Waals surface area contributed by atoms with Crippen LogP contribution >= 0.6 is 23.2 Å². The van der Waals surface area contributed by atoms with Crippen molar-refractivity contribution in [1.29, 1.82) is 0 Å². The highest BCUT2D eigenvalue weighted by atomic mass is 35.5. The minimum Gasteiger partial charge on any atom is -0.504 e. The molecule has 3 fully saturated rings. The van der Waals surface area contributed by atoms with Crippen molar-refractivity contribution in [3.05, 3.63) is 77.9 Å². The Balaban J connectivity index is 1.44. The van der Waals surface area contributed by atoms with Gasteiger partial charge in [-0.3, -0.25) is 29.0 Å². The lowest BCUT2D eigenvalue weighted by molar-refractivity contribution is -0.138. The van der Waals surface area contributed by atoms with Gasteiger partial charge in [0.05, 0.1) is 24.6 Å². The fourth-order valence-electron chi connectivity index (χ4n) is 7.01. The second kappa shape index (κ2) is 9.85. The minimum absolute atomic E-state index is 0.0340. The van der Waals surface area contributed by atoms with Gasteiger partial charge in [0.1, 0.15) is 0 Å². The van der Waals surface area contributed by atoms with Crippen LogP contribution in [0.4, 0.5) is 5.69 Å². The number of phenols is 1. The Hall–Kier alpha value is -3.88. The fraction of sp³-hybridized carbons (Fsp3) is 0.312. The molecule has 4 amide bonds. The van der Waals surface area contributed by atoms with Crippen LogP contribution in [-0.4, -0.2) is 57.5 Å². The van der Waals surface area contributed by atoms with Gasteiger partial charge in [-0.05, 0) is 54.2 Å². The summed E-state index contributed by atoms with van der Waals surface area (Å²) in [5.74, 6) is -4.59. The standard InChI is InChI=1S/C32H28Cl2N2O6/c1-4-17-5-9-19(10-6-17)36-27(38)21-12-11-20-22(26(21)28(36)39)16-31(33)29(40)35(2)30(41)32(31,34)23(20)13-7-18-8-14-24(37)25(15-18)42-3/h4-11,13-15,21-23,26,37H,1,12,16H2,2-3H3. The molecular weight excluding hydrogens is 579 g/mol. The summed E-state index contributed by atoms with van der Waals surface area (Å²) in [4.78, 5) is 53.2. The van der Waals surface area contributed by atoms with Crippen molar-refractivity contribution in [2.24, 2.45) is 23.7 Å². The van der Waals surface area contributed by atoms with Crippen LogP contribution in [0, 0.1) is 23.7 Å². The third-order valence-electron chi connectivity index (χ3n) is 9.14. The van der Waals surface area contributed by atoms with Crippen LogP contribution in [0.2, 0.25) is 0 Å². The maximum Gasteiger partial charge on any atom is 0.253 e. The summed E-state index contributed by atoms with van der Waals surface area (Å²) in [5.41, 5.74) is 2.65. The van der Waals surface area contributed by atoms with E-state index in [2.05, 4.69) is 6.58 Å². The van der Waals surface area contributed by atoms with Crippen LogP contribution in [0.15, 0.2) is 66.8 Å². The average Bonchev–Trinajstić information content (AvgIpc) is 3.32. The summed E-state index contributed by atoms with van der Waals surface area (Å²) in [6.45, 7) is 3.75. The zero-order chi connectivity index (χ0) is 30.1. The number of hydrogen-bond donors (Lipinski definition) is 1. The second-order valence-corrected chi connectivity index (χ2v) is 12.4. The molecule has 1 saturated carbocycles. The Labute approximate surface area is 252 Å². The smallest absolute Gasteiger partial charge is 0.253 e. The molecule has 8 nitrogen and oxygen atoms in total. The number of fused-ring (bicyclic) bond motifs is 4. The molecule has 4 aliphatic rings. The Morgan fingerprint density at radius 3 is 2.36 bits per heavy atom. The van der Waals surface area contributed by atoms with E-state index in [0.717, 1.165) is 10.5 Å². The van der Waals surface area contributed by atoms with E-state index in [9.17, 15) is 24.3 Å². The van der Waals surface area contributed by atoms with Crippen molar-refractivity contribution in [2.75, 3.05) is 19.1 Å². The highest BCUT2D eigenvalue weighted by Gasteiger charge is 2.75. The second-order valence-electron chi connectivity index (χ2n) is 11.1. The molecule has 2 heterocycles. The number of carbonyl (C=O) groups excluding carboxylic acids is 4. The van der Waals surface area contributed by atoms with Crippen molar-refractivity contribution < 1.29 is 29.0 Å². The first-order valence-corrected chi connectivity index (χ1v) is 14.3. The van der Waals surface area contributed by atoms with E-state index in [1.54, 1.807) is 54.6 Å². The van der Waals surface area contributed by atoms with Gasteiger partial charge in [-0.15, -0.1) is 23.2 Å². The molecule has 216 valence electrons. The van der Waals surface area contributed by atoms with Crippen LogP contribution in [0.3, 0.4) is 0 Å². The summed E-state index contributed by atoms with van der Waals surface area (Å²) in [6, 6.07) is 11.7. The largest absolute Gasteiger partial charge is 0.504 e. The maximum absolute atomic E-state index is 14.0. The molecule has 1 N–H and O–H groups in total. The highest BCUT2D eigenvalue weighted by molar-refractivity contribution is 6.53. The van der Waals surface area contributed by atoms with Crippen LogP contribution in [0.25, 0.3) is 12.2 Å². The number of alkyl halides is 2. The van der Waals surface area contributed by atoms with Crippen molar-refractivity contribution in [1.82, 2.24) is 4.90 Å². The predicted octanol–water partition coefficient (Wildman–Crippen LogP) is 4.78. The average molecular weight is 607 g/mol. The lowest BCUT2D eigenvalue weighted by atomic mass is 9.57. The van der Waals surface area contributed by atoms with Gasteiger partial charge >= 0.3 is 0 Å². The summed E-state index contributed by atoms with van der Waals surface area (Å²) in [7, 11) is 2.78. The van der Waals surface area contributed by atoms with Crippen molar-refractivity contribution in [3.8, 4) is 11.5 Å². The van der Waals surface area contributed by atoms with Gasteiger partial charge in [-0.1, -0.05) is 54.7 Å². The van der Waals surface area contributed by atoms with Crippen molar-refractivity contribution >= 4 is 64.7 Å². The predicted molar refractivity (Wildman–Crippen MR) is 159 cm³/mol. The number of carbonyl (C=O) groups is 4. The molecule has 0 aromatic heterocycles. The number of allylic oxidation sites excluding steroid dienone is 3. The summed E-state index contributed by atoms with van der Waals surface area (Å²) in [6.07, 6.45) is 7.19. The van der Waals surface area contributed by atoms with E-state index in [0.29, 0.717) is 16.8 Å². The summed E-state index contributed by atoms with van der Waals surface area (Å²) in [5, 5.41) is 10.0. The molecular formula is C32H28Cl2N2O6. The number of phenolic OH excluding ortho intramolecular Hbond substituents is 1. The molecule has 2 aromatic carbocycles. The summed E-state index contributed by atoms with van der Waals surface area (Å²) >= 11 is 14.3. The van der Waals surface area contributed by atoms with Crippen LogP contribution in [-0.2, 0) is 19.2 Å². The van der Waals surface area contributed by atoms with Gasteiger partial charge in [-0.25, -0.2) is 0 Å². The molecule has 2 saturated heterocycles. The van der Waals surface area contributed by atoms with Gasteiger partial charge in [-0.2, -0.15) is 0 Å². The number of nitrogens with zero attached hydrogens (tertiary/aromatic N) is 2. The van der Waals surface area contributed by atoms with Gasteiger partial charge in [0.2, 0.25) is 11.8 Å². The number of anilines is 1. The number of ether oxygens (including phenoxy) is 1. The first-order chi connectivity index (χ1) is 20.0. The SMILES string of the molecule is C=Cc1ccc(N2C(=O)C3CC=C4C(CC5(Cl)C(=O)N(C)C(=O)C5(Cl)C4C=Cc4ccc(O)c(OC)c4)C3C2=O)cc1. The normalized spacial score (nSPS) is 32.1. The topological polar surface area (TPSA) is 104 Å². The minimum atomic E-state index is -1.85. The number of aromatic hydroxyl groups is 1. The number of hydrogen-bond acceptors (Lipinski definition) is 6. The molecule has 42 heavy (non-hydrogen) atoms. The monoisotopic (exact) mass is 606 g/mol. The van der Waals surface area contributed by atoms with Gasteiger partial charge in [0.25, 0.3) is 11.8 Å². The number of amides is 4. The maximum atomic E-state index is 14.0. The Morgan fingerprint density at radius 1 is 1.00 bits per heavy atom. The number of methoxy groups -OCH3 is 1. The van der Waals surface area contributed by atoms with E-state index in [-0.39, 0.29) is 36.2 Å². The van der Waals surface area contributed by atoms with E-state index in [4.69, 9.17) is 27.9 Å². The van der Waals surface area contributed by atoms with Crippen molar-refractivity contribution in [3.63, 3.8) is 0 Å². The molecule has 10 heteroatoms. The fourth-order valence-corrected chi connectivity index (χ4v) is 7.99. The third-order valence-corrected chi connectivity index (χ3v) is 10.6.